The van der Waals surface area contributed by atoms with Crippen molar-refractivity contribution in [2.45, 2.75) is 65.1 Å². The minimum absolute atomic E-state index is 0.0723. The molecule has 0 saturated carbocycles. The molecule has 1 aromatic carbocycles. The van der Waals surface area contributed by atoms with Crippen LogP contribution in [-0.4, -0.2) is 25.1 Å². The van der Waals surface area contributed by atoms with Gasteiger partial charge in [0.1, 0.15) is 0 Å². The summed E-state index contributed by atoms with van der Waals surface area (Å²) < 4.78 is 8.39. The second-order valence-electron chi connectivity index (χ2n) is 9.31. The predicted octanol–water partition coefficient (Wildman–Crippen LogP) is 5.44. The maximum absolute atomic E-state index is 13.1. The van der Waals surface area contributed by atoms with Crippen molar-refractivity contribution in [1.82, 2.24) is 9.55 Å². The third kappa shape index (κ3) is 3.53. The van der Waals surface area contributed by atoms with Crippen LogP contribution in [0.4, 0.5) is 0 Å². The Balaban J connectivity index is 2.08. The first kappa shape index (κ1) is 20.3. The van der Waals surface area contributed by atoms with Gasteiger partial charge in [-0.2, -0.15) is 0 Å². The van der Waals surface area contributed by atoms with Gasteiger partial charge in [0.05, 0.1) is 40.3 Å². The largest absolute Gasteiger partial charge is 0.406 e. The lowest BCUT2D eigenvalue weighted by Gasteiger charge is -2.34. The van der Waals surface area contributed by atoms with E-state index in [2.05, 4.69) is 44.2 Å². The van der Waals surface area contributed by atoms with Crippen molar-refractivity contribution in [2.24, 2.45) is 5.41 Å². The zero-order valence-electron chi connectivity index (χ0n) is 17.1. The quantitative estimate of drug-likeness (QED) is 0.639. The number of benzene rings is 1. The lowest BCUT2D eigenvalue weighted by molar-refractivity contribution is 0.0775. The number of ketones is 1. The van der Waals surface area contributed by atoms with E-state index < -0.39 is 11.0 Å². The monoisotopic (exact) mass is 402 g/mol. The van der Waals surface area contributed by atoms with Crippen LogP contribution in [0.25, 0.3) is 0 Å². The molecule has 1 aromatic heterocycles. The third-order valence-corrected chi connectivity index (χ3v) is 6.55. The summed E-state index contributed by atoms with van der Waals surface area (Å²) in [6.07, 6.45) is 3.65. The number of fused-ring (bicyclic) bond motifs is 1. The average Bonchev–Trinajstić information content (AvgIpc) is 3.08. The average molecular weight is 403 g/mol. The predicted molar refractivity (Wildman–Crippen MR) is 110 cm³/mol. The van der Waals surface area contributed by atoms with Crippen molar-refractivity contribution in [3.8, 4) is 0 Å². The highest BCUT2D eigenvalue weighted by atomic mass is 35.5. The Morgan fingerprint density at radius 2 is 1.89 bits per heavy atom. The zero-order chi connectivity index (χ0) is 20.2. The Morgan fingerprint density at radius 1 is 1.22 bits per heavy atom. The summed E-state index contributed by atoms with van der Waals surface area (Å²) in [6, 6.07) is 5.51. The van der Waals surface area contributed by atoms with E-state index >= 15 is 0 Å². The summed E-state index contributed by atoms with van der Waals surface area (Å²) in [7, 11) is 0.351. The maximum atomic E-state index is 13.1. The Morgan fingerprint density at radius 3 is 2.52 bits per heavy atom. The van der Waals surface area contributed by atoms with E-state index in [1.165, 1.54) is 0 Å². The molecule has 0 aliphatic heterocycles. The van der Waals surface area contributed by atoms with Gasteiger partial charge in [0.15, 0.2) is 5.78 Å². The van der Waals surface area contributed by atoms with Crippen molar-refractivity contribution >= 4 is 27.1 Å². The molecule has 1 aliphatic rings. The SMILES string of the molecule is CC(C)(C)[Si]OC(C)(C)c1cncn1C1c2cccc(Cl)c2C(=O)C1(C)C. The molecule has 1 atom stereocenters. The van der Waals surface area contributed by atoms with Crippen molar-refractivity contribution in [3.63, 3.8) is 0 Å². The van der Waals surface area contributed by atoms with E-state index in [9.17, 15) is 4.79 Å². The zero-order valence-corrected chi connectivity index (χ0v) is 18.8. The lowest BCUT2D eigenvalue weighted by atomic mass is 9.83. The molecule has 0 spiro atoms. The first-order chi connectivity index (χ1) is 12.4. The van der Waals surface area contributed by atoms with Gasteiger partial charge in [-0.3, -0.25) is 4.79 Å². The molecule has 1 unspecified atom stereocenters. The molecular weight excluding hydrogens is 376 g/mol. The van der Waals surface area contributed by atoms with Crippen LogP contribution in [0.1, 0.15) is 76.1 Å². The Bertz CT molecular complexity index is 881. The van der Waals surface area contributed by atoms with Crippen LogP contribution in [0.5, 0.6) is 0 Å². The Labute approximate surface area is 169 Å². The van der Waals surface area contributed by atoms with E-state index in [1.54, 1.807) is 12.4 Å². The Hall–Kier alpha value is -1.43. The van der Waals surface area contributed by atoms with E-state index in [4.69, 9.17) is 16.0 Å². The van der Waals surface area contributed by atoms with E-state index in [0.717, 1.165) is 11.3 Å². The minimum Gasteiger partial charge on any atom is -0.406 e. The van der Waals surface area contributed by atoms with Crippen LogP contribution in [0, 0.1) is 5.41 Å². The van der Waals surface area contributed by atoms with Gasteiger partial charge >= 0.3 is 0 Å². The van der Waals surface area contributed by atoms with Crippen LogP contribution < -0.4 is 0 Å². The molecular formula is C21H27ClN2O2Si. The summed E-state index contributed by atoms with van der Waals surface area (Å²) in [6.45, 7) is 14.6. The molecule has 0 bridgehead atoms. The first-order valence-corrected chi connectivity index (χ1v) is 10.5. The molecule has 2 radical (unpaired) electrons. The first-order valence-electron chi connectivity index (χ1n) is 9.17. The molecule has 1 aliphatic carbocycles. The van der Waals surface area contributed by atoms with Crippen molar-refractivity contribution in [3.05, 3.63) is 52.6 Å². The fourth-order valence-electron chi connectivity index (χ4n) is 3.65. The molecule has 0 N–H and O–H groups in total. The van der Waals surface area contributed by atoms with Gasteiger partial charge in [0, 0.05) is 5.56 Å². The van der Waals surface area contributed by atoms with Crippen molar-refractivity contribution < 1.29 is 9.22 Å². The van der Waals surface area contributed by atoms with Crippen molar-refractivity contribution in [2.75, 3.05) is 0 Å². The van der Waals surface area contributed by atoms with Gasteiger partial charge in [0.2, 0.25) is 9.76 Å². The van der Waals surface area contributed by atoms with Gasteiger partial charge in [-0.25, -0.2) is 4.98 Å². The number of rotatable bonds is 4. The standard InChI is InChI=1S/C21H27ClN2O2Si/c1-19(2,3)27-26-21(6,7)15-11-23-12-24(15)17-13-9-8-10-14(22)16(13)18(25)20(17,4)5/h8-12,17H,1-7H3. The summed E-state index contributed by atoms with van der Waals surface area (Å²) in [4.78, 5) is 17.5. The molecule has 2 aromatic rings. The fourth-order valence-corrected chi connectivity index (χ4v) is 4.58. The fraction of sp³-hybridized carbons (Fsp3) is 0.524. The third-order valence-electron chi connectivity index (χ3n) is 5.01. The van der Waals surface area contributed by atoms with Crippen LogP contribution >= 0.6 is 11.6 Å². The van der Waals surface area contributed by atoms with Gasteiger partial charge in [0.25, 0.3) is 0 Å². The number of aromatic nitrogens is 2. The second-order valence-corrected chi connectivity index (χ2v) is 11.6. The van der Waals surface area contributed by atoms with Gasteiger partial charge < -0.3 is 8.99 Å². The second kappa shape index (κ2) is 6.57. The summed E-state index contributed by atoms with van der Waals surface area (Å²) in [5.74, 6) is 0.0723. The van der Waals surface area contributed by atoms with E-state index in [1.807, 2.05) is 32.2 Å². The smallest absolute Gasteiger partial charge is 0.237 e. The number of carbonyl (C=O) groups is 1. The number of halogens is 1. The normalized spacial score (nSPS) is 19.4. The summed E-state index contributed by atoms with van der Waals surface area (Å²) in [5, 5.41) is 0.602. The number of hydrogen-bond donors (Lipinski definition) is 0. The van der Waals surface area contributed by atoms with Gasteiger partial charge in [-0.1, -0.05) is 58.4 Å². The molecule has 6 heteroatoms. The molecule has 3 rings (SSSR count). The minimum atomic E-state index is -0.620. The molecule has 4 nitrogen and oxygen atoms in total. The summed E-state index contributed by atoms with van der Waals surface area (Å²) in [5.41, 5.74) is 1.39. The highest BCUT2D eigenvalue weighted by molar-refractivity contribution is 6.35. The van der Waals surface area contributed by atoms with Gasteiger partial charge in [-0.05, 0) is 30.5 Å². The molecule has 27 heavy (non-hydrogen) atoms. The topological polar surface area (TPSA) is 44.1 Å². The van der Waals surface area contributed by atoms with E-state index in [-0.39, 0.29) is 16.9 Å². The van der Waals surface area contributed by atoms with E-state index in [0.29, 0.717) is 20.3 Å². The summed E-state index contributed by atoms with van der Waals surface area (Å²) >= 11 is 6.38. The Kier molecular flexibility index (Phi) is 4.94. The van der Waals surface area contributed by atoms with Crippen LogP contribution in [0.3, 0.4) is 0 Å². The van der Waals surface area contributed by atoms with Crippen LogP contribution in [0.15, 0.2) is 30.7 Å². The molecule has 0 amide bonds. The highest BCUT2D eigenvalue weighted by Gasteiger charge is 2.49. The number of imidazole rings is 1. The number of nitrogens with zero attached hydrogens (tertiary/aromatic N) is 2. The maximum Gasteiger partial charge on any atom is 0.237 e. The number of carbonyl (C=O) groups excluding carboxylic acids is 1. The van der Waals surface area contributed by atoms with Crippen molar-refractivity contribution in [1.29, 1.82) is 0 Å². The molecule has 144 valence electrons. The molecule has 0 saturated heterocycles. The number of hydrogen-bond acceptors (Lipinski definition) is 3. The number of Topliss-reactive ketones (excluding diaryl/α,β-unsaturated/α-hetero) is 1. The lowest BCUT2D eigenvalue weighted by Crippen LogP contribution is -2.34. The molecule has 1 heterocycles. The van der Waals surface area contributed by atoms with Crippen LogP contribution in [0.2, 0.25) is 10.1 Å². The molecule has 0 fully saturated rings. The van der Waals surface area contributed by atoms with Gasteiger partial charge in [-0.15, -0.1) is 0 Å². The van der Waals surface area contributed by atoms with Crippen LogP contribution in [-0.2, 0) is 10.0 Å². The highest BCUT2D eigenvalue weighted by Crippen LogP contribution is 2.50.